The van der Waals surface area contributed by atoms with E-state index in [9.17, 15) is 32.3 Å². The number of hydrogen-bond donors (Lipinski definition) is 3. The number of aryl methyl sites for hydroxylation is 1. The Morgan fingerprint density at radius 2 is 1.77 bits per heavy atom. The van der Waals surface area contributed by atoms with Gasteiger partial charge in [-0.25, -0.2) is 22.5 Å². The van der Waals surface area contributed by atoms with Gasteiger partial charge in [-0.1, -0.05) is 23.6 Å². The number of nitrogens with zero attached hydrogens (tertiary/aromatic N) is 5. The summed E-state index contributed by atoms with van der Waals surface area (Å²) < 4.78 is 95.0. The van der Waals surface area contributed by atoms with E-state index in [1.165, 1.54) is 37.8 Å². The van der Waals surface area contributed by atoms with Crippen molar-refractivity contribution in [1.82, 2.24) is 29.9 Å². The van der Waals surface area contributed by atoms with Crippen LogP contribution in [0.3, 0.4) is 0 Å². The van der Waals surface area contributed by atoms with Gasteiger partial charge in [0, 0.05) is 42.8 Å². The van der Waals surface area contributed by atoms with Crippen LogP contribution in [0.1, 0.15) is 72.6 Å². The molecule has 0 bridgehead atoms. The number of carbonyl (C=O) groups is 2. The van der Waals surface area contributed by atoms with E-state index in [4.69, 9.17) is 21.3 Å². The van der Waals surface area contributed by atoms with E-state index in [0.717, 1.165) is 12.1 Å². The molecule has 3 atom stereocenters. The lowest BCUT2D eigenvalue weighted by atomic mass is 9.93. The second-order valence-electron chi connectivity index (χ2n) is 14.5. The topological polar surface area (TPSA) is 136 Å². The number of nitrogens with one attached hydrogen (secondary N) is 2. The van der Waals surface area contributed by atoms with Crippen molar-refractivity contribution in [3.63, 3.8) is 0 Å². The number of benzene rings is 2. The van der Waals surface area contributed by atoms with Crippen LogP contribution in [0, 0.1) is 29.4 Å². The molecule has 2 aromatic carbocycles. The van der Waals surface area contributed by atoms with Crippen molar-refractivity contribution >= 4 is 40.1 Å². The smallest absolute Gasteiger partial charge is 0.293 e. The number of halogens is 7. The summed E-state index contributed by atoms with van der Waals surface area (Å²) in [5.74, 6) is -3.21. The van der Waals surface area contributed by atoms with Crippen LogP contribution in [0.5, 0.6) is 0 Å². The number of anilines is 1. The molecule has 3 heterocycles. The Kier molecular flexibility index (Phi) is 10.3. The Bertz CT molecular complexity index is 2480. The zero-order valence-electron chi connectivity index (χ0n) is 30.7. The van der Waals surface area contributed by atoms with E-state index in [2.05, 4.69) is 32.7 Å². The van der Waals surface area contributed by atoms with Crippen LogP contribution in [0.4, 0.5) is 32.2 Å². The van der Waals surface area contributed by atoms with Crippen molar-refractivity contribution in [2.75, 3.05) is 19.0 Å². The molecule has 5 aromatic rings. The van der Waals surface area contributed by atoms with Gasteiger partial charge in [0.05, 0.1) is 27.7 Å². The molecule has 0 saturated heterocycles. The highest BCUT2D eigenvalue weighted by Crippen LogP contribution is 2.68. The monoisotopic (exact) mass is 813 g/mol. The van der Waals surface area contributed by atoms with E-state index in [1.807, 2.05) is 0 Å². The summed E-state index contributed by atoms with van der Waals surface area (Å²) >= 11 is 6.65. The summed E-state index contributed by atoms with van der Waals surface area (Å²) in [7, 11) is 2.94. The fourth-order valence-corrected chi connectivity index (χ4v) is 7.61. The first-order valence-electron chi connectivity index (χ1n) is 17.6. The maximum absolute atomic E-state index is 15.4. The highest BCUT2D eigenvalue weighted by atomic mass is 35.5. The fraction of sp³-hybridized carbons (Fsp3) is 0.359. The van der Waals surface area contributed by atoms with Crippen molar-refractivity contribution in [3.05, 3.63) is 93.0 Å². The van der Waals surface area contributed by atoms with Crippen molar-refractivity contribution in [3.8, 4) is 23.0 Å². The average Bonchev–Trinajstić information content (AvgIpc) is 3.65. The van der Waals surface area contributed by atoms with Gasteiger partial charge in [0.15, 0.2) is 5.82 Å². The Morgan fingerprint density at radius 3 is 2.44 bits per heavy atom. The second kappa shape index (κ2) is 14.8. The number of fused-ring (bicyclic) bond motifs is 4. The van der Waals surface area contributed by atoms with Crippen molar-refractivity contribution in [2.24, 2.45) is 13.0 Å². The average molecular weight is 814 g/mol. The predicted octanol–water partition coefficient (Wildman–Crippen LogP) is 6.72. The first-order valence-corrected chi connectivity index (χ1v) is 18.0. The van der Waals surface area contributed by atoms with Crippen LogP contribution in [0.25, 0.3) is 22.0 Å². The van der Waals surface area contributed by atoms with Crippen molar-refractivity contribution < 1.29 is 45.8 Å². The molecule has 298 valence electrons. The number of rotatable bonds is 11. The molecular formula is C39H34ClF6N7O4. The van der Waals surface area contributed by atoms with Crippen molar-refractivity contribution in [2.45, 2.75) is 63.1 Å². The number of amides is 2. The predicted molar refractivity (Wildman–Crippen MR) is 196 cm³/mol. The minimum absolute atomic E-state index is 0.0284. The minimum atomic E-state index is -3.49. The van der Waals surface area contributed by atoms with Gasteiger partial charge in [0.1, 0.15) is 47.5 Å². The Labute approximate surface area is 326 Å². The number of aromatic nitrogens is 5. The van der Waals surface area contributed by atoms with Crippen LogP contribution in [-0.2, 0) is 40.3 Å². The normalized spacial score (nSPS) is 17.2. The summed E-state index contributed by atoms with van der Waals surface area (Å²) in [6.07, 6.45) is -3.45. The number of aliphatic hydroxyl groups is 1. The lowest BCUT2D eigenvalue weighted by molar-refractivity contribution is -0.123. The Morgan fingerprint density at radius 1 is 1.07 bits per heavy atom. The van der Waals surface area contributed by atoms with Crippen LogP contribution >= 0.6 is 11.6 Å². The summed E-state index contributed by atoms with van der Waals surface area (Å²) in [5.41, 5.74) is -1.89. The maximum atomic E-state index is 15.4. The number of alkyl halides is 4. The summed E-state index contributed by atoms with van der Waals surface area (Å²) in [4.78, 5) is 31.2. The lowest BCUT2D eigenvalue weighted by Gasteiger charge is -2.23. The molecule has 11 nitrogen and oxygen atoms in total. The molecule has 0 spiro atoms. The first kappa shape index (κ1) is 39.8. The Balaban J connectivity index is 1.37. The fourth-order valence-electron chi connectivity index (χ4n) is 7.37. The van der Waals surface area contributed by atoms with Gasteiger partial charge < -0.3 is 20.5 Å². The number of pyridine rings is 1. The molecule has 0 aliphatic heterocycles. The molecule has 1 unspecified atom stereocenters. The third kappa shape index (κ3) is 7.81. The highest BCUT2D eigenvalue weighted by Gasteiger charge is 2.67. The van der Waals surface area contributed by atoms with Crippen LogP contribution < -0.4 is 10.6 Å². The largest absolute Gasteiger partial charge is 0.378 e. The molecule has 3 N–H and O–H groups in total. The molecule has 0 radical (unpaired) electrons. The molecule has 18 heteroatoms. The Hall–Kier alpha value is -5.44. The van der Waals surface area contributed by atoms with Gasteiger partial charge in [-0.05, 0) is 74.4 Å². The van der Waals surface area contributed by atoms with Gasteiger partial charge in [-0.15, -0.1) is 0 Å². The number of methoxy groups -OCH3 is 1. The molecule has 2 aliphatic rings. The second-order valence-corrected chi connectivity index (χ2v) is 14.9. The number of hydrogen-bond acceptors (Lipinski definition) is 7. The third-order valence-corrected chi connectivity index (χ3v) is 9.98. The zero-order valence-corrected chi connectivity index (χ0v) is 31.5. The molecule has 57 heavy (non-hydrogen) atoms. The summed E-state index contributed by atoms with van der Waals surface area (Å²) in [6, 6.07) is 7.75. The number of ether oxygens (including phenoxy) is 1. The lowest BCUT2D eigenvalue weighted by Crippen LogP contribution is -2.35. The van der Waals surface area contributed by atoms with Crippen molar-refractivity contribution in [1.29, 1.82) is 0 Å². The SMILES string of the molecule is COCC(=O)Nc1nn(C)c2c(-c3ccc(C#CC(C)(C)O)nc3C(Cc3cc(F)cc(F)c3)NC(=O)Cn3nc(C(F)F)c4c3C(F)(F)[C@@H]3C[C@H]43)ccc(Cl)c12. The zero-order chi connectivity index (χ0) is 41.1. The molecule has 2 aliphatic carbocycles. The highest BCUT2D eigenvalue weighted by molar-refractivity contribution is 6.37. The molecule has 1 fully saturated rings. The van der Waals surface area contributed by atoms with Gasteiger partial charge in [-0.3, -0.25) is 19.0 Å². The summed E-state index contributed by atoms with van der Waals surface area (Å²) in [6.45, 7) is 1.72. The molecular weight excluding hydrogens is 780 g/mol. The van der Waals surface area contributed by atoms with Gasteiger partial charge in [-0.2, -0.15) is 19.0 Å². The summed E-state index contributed by atoms with van der Waals surface area (Å²) in [5, 5.41) is 24.4. The van der Waals surface area contributed by atoms with E-state index < -0.39 is 77.2 Å². The van der Waals surface area contributed by atoms with Gasteiger partial charge in [0.2, 0.25) is 5.91 Å². The van der Waals surface area contributed by atoms with E-state index in [-0.39, 0.29) is 52.8 Å². The first-order chi connectivity index (χ1) is 26.9. The van der Waals surface area contributed by atoms with Gasteiger partial charge >= 0.3 is 0 Å². The van der Waals surface area contributed by atoms with Crippen LogP contribution in [0.2, 0.25) is 5.02 Å². The van der Waals surface area contributed by atoms with Crippen LogP contribution in [-0.4, -0.2) is 60.8 Å². The number of carbonyl (C=O) groups excluding carboxylic acids is 2. The van der Waals surface area contributed by atoms with E-state index in [1.54, 1.807) is 19.2 Å². The molecule has 7 rings (SSSR count). The van der Waals surface area contributed by atoms with E-state index >= 15 is 8.78 Å². The van der Waals surface area contributed by atoms with E-state index in [0.29, 0.717) is 32.8 Å². The minimum Gasteiger partial charge on any atom is -0.378 e. The maximum Gasteiger partial charge on any atom is 0.293 e. The third-order valence-electron chi connectivity index (χ3n) is 9.67. The van der Waals surface area contributed by atoms with Gasteiger partial charge in [0.25, 0.3) is 18.3 Å². The molecule has 2 amide bonds. The molecule has 3 aromatic heterocycles. The molecule has 1 saturated carbocycles. The quantitative estimate of drug-likeness (QED) is 0.0996. The standard InChI is InChI=1S/C39H34ClF6N7O4/c1-38(2,56)10-9-21-5-6-22(23-7-8-26(40)31-34(23)52(3)51-37(31)49-29(55)17-57-4)32(47-21)27(13-18-11-19(41)14-20(42)12-18)48-28(54)16-53-35-30(33(50-53)36(43)44)24-15-25(24)39(35,45)46/h5-8,11-12,14,24-25,27,36,56H,13,15-17H2,1-4H3,(H,48,54)(H,49,51,55)/t24-,25+,27?/m0/s1. The van der Waals surface area contributed by atoms with Crippen LogP contribution in [0.15, 0.2) is 42.5 Å².